The number of carbonyl (C=O) groups excluding carboxylic acids is 1. The van der Waals surface area contributed by atoms with Crippen LogP contribution in [0.1, 0.15) is 11.1 Å². The van der Waals surface area contributed by atoms with E-state index in [2.05, 4.69) is 5.32 Å². The highest BCUT2D eigenvalue weighted by atomic mass is 32.2. The van der Waals surface area contributed by atoms with Crippen molar-refractivity contribution in [1.82, 2.24) is 5.32 Å². The van der Waals surface area contributed by atoms with Crippen LogP contribution in [0.25, 0.3) is 16.8 Å². The topological polar surface area (TPSA) is 38.3 Å². The van der Waals surface area contributed by atoms with Crippen LogP contribution in [0, 0.1) is 5.82 Å². The van der Waals surface area contributed by atoms with E-state index in [1.807, 2.05) is 36.4 Å². The Labute approximate surface area is 165 Å². The number of halogens is 1. The van der Waals surface area contributed by atoms with Gasteiger partial charge in [0, 0.05) is 11.1 Å². The van der Waals surface area contributed by atoms with E-state index in [1.165, 1.54) is 17.8 Å². The molecule has 1 saturated heterocycles. The minimum Gasteiger partial charge on any atom is -0.488 e. The molecule has 1 heterocycles. The predicted octanol–water partition coefficient (Wildman–Crippen LogP) is 5.05. The van der Waals surface area contributed by atoms with Crippen LogP contribution >= 0.6 is 24.0 Å². The van der Waals surface area contributed by atoms with Crippen molar-refractivity contribution in [3.63, 3.8) is 0 Å². The van der Waals surface area contributed by atoms with Crippen LogP contribution in [0.15, 0.2) is 65.6 Å². The Hall–Kier alpha value is -2.70. The molecule has 1 aliphatic heterocycles. The summed E-state index contributed by atoms with van der Waals surface area (Å²) in [5, 5.41) is 4.59. The molecule has 0 saturated carbocycles. The molecule has 1 amide bonds. The quantitative estimate of drug-likeness (QED) is 0.496. The number of ether oxygens (including phenoxy) is 1. The molecule has 0 atom stereocenters. The minimum atomic E-state index is -0.311. The van der Waals surface area contributed by atoms with Crippen LogP contribution < -0.4 is 10.1 Å². The number of fused-ring (bicyclic) bond motifs is 1. The van der Waals surface area contributed by atoms with Crippen molar-refractivity contribution < 1.29 is 13.9 Å². The molecule has 6 heteroatoms. The third-order valence-corrected chi connectivity index (χ3v) is 5.35. The maximum atomic E-state index is 13.9. The van der Waals surface area contributed by atoms with E-state index in [0.29, 0.717) is 20.5 Å². The number of carbonyl (C=O) groups is 1. The second-order valence-electron chi connectivity index (χ2n) is 5.93. The van der Waals surface area contributed by atoms with E-state index in [0.717, 1.165) is 16.3 Å². The highest BCUT2D eigenvalue weighted by molar-refractivity contribution is 8.26. The van der Waals surface area contributed by atoms with Gasteiger partial charge in [0.25, 0.3) is 5.91 Å². The summed E-state index contributed by atoms with van der Waals surface area (Å²) in [5.41, 5.74) is 1.24. The zero-order valence-corrected chi connectivity index (χ0v) is 15.7. The summed E-state index contributed by atoms with van der Waals surface area (Å²) < 4.78 is 20.3. The van der Waals surface area contributed by atoms with Crippen molar-refractivity contribution in [3.05, 3.63) is 82.5 Å². The fourth-order valence-electron chi connectivity index (χ4n) is 2.87. The summed E-state index contributed by atoms with van der Waals surface area (Å²) in [6, 6.07) is 18.1. The number of thiocarbonyl (C=S) groups is 1. The van der Waals surface area contributed by atoms with Gasteiger partial charge in [-0.3, -0.25) is 4.79 Å². The molecule has 1 aliphatic rings. The first-order chi connectivity index (χ1) is 13.1. The van der Waals surface area contributed by atoms with Gasteiger partial charge in [-0.05, 0) is 29.0 Å². The lowest BCUT2D eigenvalue weighted by Crippen LogP contribution is -2.17. The van der Waals surface area contributed by atoms with Crippen LogP contribution in [0.5, 0.6) is 5.75 Å². The Morgan fingerprint density at radius 1 is 1.07 bits per heavy atom. The second kappa shape index (κ2) is 7.50. The van der Waals surface area contributed by atoms with Gasteiger partial charge in [-0.2, -0.15) is 0 Å². The van der Waals surface area contributed by atoms with Crippen molar-refractivity contribution in [2.24, 2.45) is 0 Å². The summed E-state index contributed by atoms with van der Waals surface area (Å²) in [5.74, 6) is 0.0444. The first-order valence-electron chi connectivity index (χ1n) is 8.24. The Morgan fingerprint density at radius 3 is 2.63 bits per heavy atom. The van der Waals surface area contributed by atoms with E-state index >= 15 is 0 Å². The number of hydrogen-bond donors (Lipinski definition) is 1. The Bertz CT molecular complexity index is 1090. The molecule has 1 N–H and O–H groups in total. The molecule has 4 rings (SSSR count). The maximum absolute atomic E-state index is 13.9. The molecule has 3 nitrogen and oxygen atoms in total. The third-order valence-electron chi connectivity index (χ3n) is 4.19. The lowest BCUT2D eigenvalue weighted by Gasteiger charge is -2.13. The molecule has 0 bridgehead atoms. The fourth-order valence-corrected chi connectivity index (χ4v) is 3.90. The number of rotatable bonds is 4. The van der Waals surface area contributed by atoms with Gasteiger partial charge in [-0.15, -0.1) is 0 Å². The molecule has 0 aliphatic carbocycles. The van der Waals surface area contributed by atoms with Gasteiger partial charge in [0.05, 0.1) is 4.91 Å². The second-order valence-corrected chi connectivity index (χ2v) is 7.65. The molecule has 0 radical (unpaired) electrons. The molecule has 0 aromatic heterocycles. The molecule has 3 aromatic rings. The molecule has 0 unspecified atom stereocenters. The first-order valence-corrected chi connectivity index (χ1v) is 9.47. The Morgan fingerprint density at radius 2 is 1.85 bits per heavy atom. The molecule has 27 heavy (non-hydrogen) atoms. The lowest BCUT2D eigenvalue weighted by molar-refractivity contribution is -0.115. The zero-order valence-electron chi connectivity index (χ0n) is 14.1. The Kier molecular flexibility index (Phi) is 4.92. The monoisotopic (exact) mass is 395 g/mol. The molecule has 3 aromatic carbocycles. The predicted molar refractivity (Wildman–Crippen MR) is 111 cm³/mol. The van der Waals surface area contributed by atoms with E-state index < -0.39 is 0 Å². The maximum Gasteiger partial charge on any atom is 0.263 e. The van der Waals surface area contributed by atoms with Crippen molar-refractivity contribution in [3.8, 4) is 5.75 Å². The largest absolute Gasteiger partial charge is 0.488 e. The highest BCUT2D eigenvalue weighted by Crippen LogP contribution is 2.34. The number of nitrogens with one attached hydrogen (secondary N) is 1. The van der Waals surface area contributed by atoms with E-state index in [9.17, 15) is 9.18 Å². The van der Waals surface area contributed by atoms with Gasteiger partial charge in [0.15, 0.2) is 0 Å². The van der Waals surface area contributed by atoms with Crippen LogP contribution in [0.3, 0.4) is 0 Å². The summed E-state index contributed by atoms with van der Waals surface area (Å²) in [4.78, 5) is 12.6. The Balaban J connectivity index is 1.76. The average molecular weight is 395 g/mol. The van der Waals surface area contributed by atoms with Crippen molar-refractivity contribution in [1.29, 1.82) is 0 Å². The van der Waals surface area contributed by atoms with Gasteiger partial charge < -0.3 is 10.1 Å². The lowest BCUT2D eigenvalue weighted by atomic mass is 10.0. The van der Waals surface area contributed by atoms with E-state index in [-0.39, 0.29) is 18.3 Å². The van der Waals surface area contributed by atoms with Gasteiger partial charge in [0.2, 0.25) is 0 Å². The summed E-state index contributed by atoms with van der Waals surface area (Å²) in [6.07, 6.45) is 1.78. The van der Waals surface area contributed by atoms with E-state index in [1.54, 1.807) is 24.3 Å². The molecular formula is C21H14FNO2S2. The van der Waals surface area contributed by atoms with Crippen molar-refractivity contribution in [2.45, 2.75) is 6.61 Å². The first kappa shape index (κ1) is 17.7. The van der Waals surface area contributed by atoms with Crippen molar-refractivity contribution >= 4 is 51.1 Å². The summed E-state index contributed by atoms with van der Waals surface area (Å²) in [7, 11) is 0. The van der Waals surface area contributed by atoms with Gasteiger partial charge in [-0.1, -0.05) is 72.5 Å². The standard InChI is InChI=1S/C21H14FNO2S2/c22-17-8-4-2-6-14(17)12-25-18-10-9-13-5-1-3-7-15(13)16(18)11-19-20(24)23-21(26)27-19/h1-11H,12H2,(H,23,24,26)/b19-11-. The van der Waals surface area contributed by atoms with Crippen LogP contribution in [-0.2, 0) is 11.4 Å². The fraction of sp³-hybridized carbons (Fsp3) is 0.0476. The van der Waals surface area contributed by atoms with Gasteiger partial charge in [0.1, 0.15) is 22.5 Å². The molecule has 134 valence electrons. The number of thioether (sulfide) groups is 1. The summed E-state index contributed by atoms with van der Waals surface area (Å²) in [6.45, 7) is 0.0962. The number of hydrogen-bond acceptors (Lipinski definition) is 4. The van der Waals surface area contributed by atoms with Crippen molar-refractivity contribution in [2.75, 3.05) is 0 Å². The SMILES string of the molecule is O=C1NC(=S)S/C1=C\c1c(OCc2ccccc2F)ccc2ccccc12. The van der Waals surface area contributed by atoms with Gasteiger partial charge in [-0.25, -0.2) is 4.39 Å². The average Bonchev–Trinajstić information content (AvgIpc) is 2.99. The van der Waals surface area contributed by atoms with Crippen LogP contribution in [0.2, 0.25) is 0 Å². The van der Waals surface area contributed by atoms with Gasteiger partial charge >= 0.3 is 0 Å². The number of amides is 1. The third kappa shape index (κ3) is 3.72. The molecule has 0 spiro atoms. The molecule has 1 fully saturated rings. The van der Waals surface area contributed by atoms with Crippen LogP contribution in [0.4, 0.5) is 4.39 Å². The number of benzene rings is 3. The van der Waals surface area contributed by atoms with Crippen LogP contribution in [-0.4, -0.2) is 10.2 Å². The highest BCUT2D eigenvalue weighted by Gasteiger charge is 2.23. The van der Waals surface area contributed by atoms with E-state index in [4.69, 9.17) is 17.0 Å². The molecular weight excluding hydrogens is 381 g/mol. The zero-order chi connectivity index (χ0) is 18.8. The minimum absolute atomic E-state index is 0.0962. The normalized spacial score (nSPS) is 15.4. The summed E-state index contributed by atoms with van der Waals surface area (Å²) >= 11 is 6.28. The smallest absolute Gasteiger partial charge is 0.263 e.